The molecule has 0 amide bonds. The first-order chi connectivity index (χ1) is 4.55. The second-order valence-electron chi connectivity index (χ2n) is 3.20. The molecule has 0 atom stereocenters. The molecule has 0 aromatic carbocycles. The van der Waals surface area contributed by atoms with Gasteiger partial charge in [-0.25, -0.2) is 0 Å². The third-order valence-electron chi connectivity index (χ3n) is 2.14. The normalized spacial score (nSPS) is 17.6. The molecule has 0 saturated carbocycles. The summed E-state index contributed by atoms with van der Waals surface area (Å²) >= 11 is 0. The molecule has 0 fully saturated rings. The third-order valence-corrected chi connectivity index (χ3v) is 2.14. The fourth-order valence-corrected chi connectivity index (χ4v) is 0.994. The Hall–Kier alpha value is -0.790. The van der Waals surface area contributed by atoms with Crippen LogP contribution in [-0.2, 0) is 4.79 Å². The maximum Gasteiger partial charge on any atom is 0.313 e. The van der Waals surface area contributed by atoms with Crippen LogP contribution < -0.4 is 0 Å². The topological polar surface area (TPSA) is 37.3 Å². The number of carboxylic acids is 1. The predicted octanol–water partition coefficient (Wildman–Crippen LogP) is 1.82. The van der Waals surface area contributed by atoms with E-state index in [2.05, 4.69) is 0 Å². The van der Waals surface area contributed by atoms with Crippen molar-refractivity contribution in [2.45, 2.75) is 26.7 Å². The Morgan fingerprint density at radius 2 is 2.20 bits per heavy atom. The number of aliphatic carboxylic acids is 1. The van der Waals surface area contributed by atoms with Crippen LogP contribution in [-0.4, -0.2) is 11.1 Å². The quantitative estimate of drug-likeness (QED) is 0.594. The van der Waals surface area contributed by atoms with Gasteiger partial charge in [-0.1, -0.05) is 11.6 Å². The molecule has 2 nitrogen and oxygen atoms in total. The van der Waals surface area contributed by atoms with E-state index in [1.165, 1.54) is 0 Å². The van der Waals surface area contributed by atoms with Crippen LogP contribution in [0.15, 0.2) is 11.6 Å². The Morgan fingerprint density at radius 3 is 2.30 bits per heavy atom. The van der Waals surface area contributed by atoms with Gasteiger partial charge in [0.05, 0.1) is 5.41 Å². The molecular weight excluding hydrogens is 128 g/mol. The second kappa shape index (κ2) is 2.11. The van der Waals surface area contributed by atoms with E-state index in [1.54, 1.807) is 13.8 Å². The van der Waals surface area contributed by atoms with Gasteiger partial charge in [-0.05, 0) is 26.7 Å². The Morgan fingerprint density at radius 1 is 1.70 bits per heavy atom. The fraction of sp³-hybridized carbons (Fsp3) is 0.625. The predicted molar refractivity (Wildman–Crippen MR) is 38.7 cm³/mol. The van der Waals surface area contributed by atoms with Crippen molar-refractivity contribution in [1.29, 1.82) is 0 Å². The van der Waals surface area contributed by atoms with Crippen molar-refractivity contribution in [2.24, 2.45) is 5.41 Å². The van der Waals surface area contributed by atoms with Gasteiger partial charge in [-0.15, -0.1) is 0 Å². The Labute approximate surface area is 60.6 Å². The molecule has 1 N–H and O–H groups in total. The summed E-state index contributed by atoms with van der Waals surface area (Å²) in [5.74, 6) is -0.724. The molecule has 1 aliphatic rings. The van der Waals surface area contributed by atoms with Crippen LogP contribution >= 0.6 is 0 Å². The van der Waals surface area contributed by atoms with Crippen molar-refractivity contribution >= 4 is 5.97 Å². The van der Waals surface area contributed by atoms with E-state index in [-0.39, 0.29) is 0 Å². The van der Waals surface area contributed by atoms with E-state index in [0.29, 0.717) is 0 Å². The number of hydrogen-bond acceptors (Lipinski definition) is 1. The van der Waals surface area contributed by atoms with E-state index in [0.717, 1.165) is 18.4 Å². The zero-order valence-electron chi connectivity index (χ0n) is 6.35. The number of carboxylic acid groups (broad SMARTS) is 1. The van der Waals surface area contributed by atoms with E-state index in [9.17, 15) is 4.79 Å². The third kappa shape index (κ3) is 0.939. The van der Waals surface area contributed by atoms with Crippen LogP contribution in [0.1, 0.15) is 26.7 Å². The highest BCUT2D eigenvalue weighted by Gasteiger charge is 2.33. The van der Waals surface area contributed by atoms with Crippen LogP contribution in [0, 0.1) is 5.41 Å². The van der Waals surface area contributed by atoms with Crippen molar-refractivity contribution in [1.82, 2.24) is 0 Å². The maximum absolute atomic E-state index is 10.6. The highest BCUT2D eigenvalue weighted by atomic mass is 16.4. The highest BCUT2D eigenvalue weighted by molar-refractivity contribution is 5.78. The molecular formula is C8H12O2. The van der Waals surface area contributed by atoms with Gasteiger partial charge in [0.25, 0.3) is 0 Å². The standard InChI is InChI=1S/C8H12O2/c1-8(2,7(9)10)6-4-3-5-6/h4H,3,5H2,1-2H3,(H,9,10). The number of allylic oxidation sites excluding steroid dienone is 1. The lowest BCUT2D eigenvalue weighted by Gasteiger charge is -2.27. The summed E-state index contributed by atoms with van der Waals surface area (Å²) in [7, 11) is 0. The van der Waals surface area contributed by atoms with E-state index in [4.69, 9.17) is 5.11 Å². The lowest BCUT2D eigenvalue weighted by Crippen LogP contribution is -2.28. The van der Waals surface area contributed by atoms with Crippen molar-refractivity contribution in [2.75, 3.05) is 0 Å². The average molecular weight is 140 g/mol. The first kappa shape index (κ1) is 7.32. The van der Waals surface area contributed by atoms with E-state index in [1.807, 2.05) is 6.08 Å². The zero-order valence-corrected chi connectivity index (χ0v) is 6.35. The van der Waals surface area contributed by atoms with Crippen molar-refractivity contribution in [3.05, 3.63) is 11.6 Å². The summed E-state index contributed by atoms with van der Waals surface area (Å²) in [5.41, 5.74) is 0.443. The van der Waals surface area contributed by atoms with Crippen LogP contribution in [0.25, 0.3) is 0 Å². The largest absolute Gasteiger partial charge is 0.481 e. The summed E-state index contributed by atoms with van der Waals surface area (Å²) in [6, 6.07) is 0. The number of hydrogen-bond donors (Lipinski definition) is 1. The smallest absolute Gasteiger partial charge is 0.313 e. The van der Waals surface area contributed by atoms with E-state index < -0.39 is 11.4 Å². The minimum atomic E-state index is -0.724. The van der Waals surface area contributed by atoms with Gasteiger partial charge in [0.1, 0.15) is 0 Å². The molecule has 10 heavy (non-hydrogen) atoms. The lowest BCUT2D eigenvalue weighted by atomic mass is 9.76. The molecule has 1 rings (SSSR count). The van der Waals surface area contributed by atoms with Gasteiger partial charge in [0, 0.05) is 0 Å². The van der Waals surface area contributed by atoms with Gasteiger partial charge in [-0.3, -0.25) is 4.79 Å². The monoisotopic (exact) mass is 140 g/mol. The zero-order chi connectivity index (χ0) is 7.78. The van der Waals surface area contributed by atoms with Crippen molar-refractivity contribution in [3.8, 4) is 0 Å². The fourth-order valence-electron chi connectivity index (χ4n) is 0.994. The molecule has 2 heteroatoms. The van der Waals surface area contributed by atoms with Crippen molar-refractivity contribution in [3.63, 3.8) is 0 Å². The Kier molecular flexibility index (Phi) is 1.55. The minimum absolute atomic E-state index is 0.627. The SMILES string of the molecule is CC(C)(C(=O)O)C1=CCC1. The number of rotatable bonds is 2. The molecule has 0 spiro atoms. The van der Waals surface area contributed by atoms with Crippen LogP contribution in [0.2, 0.25) is 0 Å². The van der Waals surface area contributed by atoms with Gasteiger partial charge < -0.3 is 5.11 Å². The molecule has 0 aliphatic heterocycles. The Bertz CT molecular complexity index is 189. The summed E-state index contributed by atoms with van der Waals surface area (Å²) in [4.78, 5) is 10.6. The van der Waals surface area contributed by atoms with Gasteiger partial charge in [0.15, 0.2) is 0 Å². The first-order valence-corrected chi connectivity index (χ1v) is 3.48. The summed E-state index contributed by atoms with van der Waals surface area (Å²) in [6.07, 6.45) is 4.01. The van der Waals surface area contributed by atoms with Crippen LogP contribution in [0.5, 0.6) is 0 Å². The van der Waals surface area contributed by atoms with Gasteiger partial charge in [-0.2, -0.15) is 0 Å². The molecule has 0 unspecified atom stereocenters. The molecule has 0 radical (unpaired) electrons. The minimum Gasteiger partial charge on any atom is -0.481 e. The molecule has 1 aliphatic carbocycles. The highest BCUT2D eigenvalue weighted by Crippen LogP contribution is 2.35. The van der Waals surface area contributed by atoms with Gasteiger partial charge >= 0.3 is 5.97 Å². The van der Waals surface area contributed by atoms with E-state index >= 15 is 0 Å². The molecule has 0 bridgehead atoms. The van der Waals surface area contributed by atoms with Gasteiger partial charge in [0.2, 0.25) is 0 Å². The Balaban J connectivity index is 2.76. The summed E-state index contributed by atoms with van der Waals surface area (Å²) in [5, 5.41) is 8.74. The summed E-state index contributed by atoms with van der Waals surface area (Å²) < 4.78 is 0. The second-order valence-corrected chi connectivity index (χ2v) is 3.20. The summed E-state index contributed by atoms with van der Waals surface area (Å²) in [6.45, 7) is 3.50. The molecule has 0 aromatic rings. The molecule has 0 saturated heterocycles. The number of carbonyl (C=O) groups is 1. The maximum atomic E-state index is 10.6. The van der Waals surface area contributed by atoms with Crippen LogP contribution in [0.3, 0.4) is 0 Å². The molecule has 0 heterocycles. The molecule has 56 valence electrons. The first-order valence-electron chi connectivity index (χ1n) is 3.48. The average Bonchev–Trinajstić information content (AvgIpc) is 1.57. The van der Waals surface area contributed by atoms with Crippen LogP contribution in [0.4, 0.5) is 0 Å². The lowest BCUT2D eigenvalue weighted by molar-refractivity contribution is -0.145. The van der Waals surface area contributed by atoms with Crippen molar-refractivity contribution < 1.29 is 9.90 Å². The molecule has 0 aromatic heterocycles.